The fourth-order valence-electron chi connectivity index (χ4n) is 3.94. The number of ether oxygens (including phenoxy) is 1. The Bertz CT molecular complexity index is 962. The summed E-state index contributed by atoms with van der Waals surface area (Å²) in [6.45, 7) is 11.8. The van der Waals surface area contributed by atoms with Crippen molar-refractivity contribution >= 4 is 23.3 Å². The molecule has 1 aromatic carbocycles. The Kier molecular flexibility index (Phi) is 7.49. The zero-order valence-electron chi connectivity index (χ0n) is 20.6. The molecule has 2 N–H and O–H groups in total. The van der Waals surface area contributed by atoms with E-state index in [9.17, 15) is 9.59 Å². The van der Waals surface area contributed by atoms with E-state index in [0.717, 1.165) is 22.7 Å². The molecule has 1 aromatic heterocycles. The van der Waals surface area contributed by atoms with Gasteiger partial charge in [0, 0.05) is 23.5 Å². The molecule has 8 heteroatoms. The van der Waals surface area contributed by atoms with E-state index in [-0.39, 0.29) is 18.0 Å². The summed E-state index contributed by atoms with van der Waals surface area (Å²) in [4.78, 5) is 33.1. The van der Waals surface area contributed by atoms with Gasteiger partial charge in [-0.15, -0.1) is 11.3 Å². The van der Waals surface area contributed by atoms with E-state index >= 15 is 0 Å². The van der Waals surface area contributed by atoms with Crippen LogP contribution in [0, 0.1) is 5.41 Å². The number of thiazole rings is 1. The maximum Gasteiger partial charge on any atom is 0.408 e. The van der Waals surface area contributed by atoms with Gasteiger partial charge in [-0.3, -0.25) is 4.79 Å². The molecule has 2 heterocycles. The molecule has 3 unspecified atom stereocenters. The number of aromatic nitrogens is 1. The van der Waals surface area contributed by atoms with Gasteiger partial charge in [0.2, 0.25) is 5.91 Å². The first-order valence-electron chi connectivity index (χ1n) is 11.4. The molecule has 7 nitrogen and oxygen atoms in total. The topological polar surface area (TPSA) is 83.6 Å². The highest BCUT2D eigenvalue weighted by Gasteiger charge is 2.44. The number of rotatable bonds is 5. The summed E-state index contributed by atoms with van der Waals surface area (Å²) in [6, 6.07) is 9.32. The van der Waals surface area contributed by atoms with Gasteiger partial charge in [0.1, 0.15) is 16.7 Å². The van der Waals surface area contributed by atoms with Crippen molar-refractivity contribution in [1.82, 2.24) is 20.5 Å². The Morgan fingerprint density at radius 2 is 1.82 bits per heavy atom. The largest absolute Gasteiger partial charge is 0.444 e. The lowest BCUT2D eigenvalue weighted by molar-refractivity contribution is -0.137. The van der Waals surface area contributed by atoms with Crippen molar-refractivity contribution in [1.29, 1.82) is 0 Å². The number of likely N-dealkylation sites (tertiary alicyclic amines) is 1. The quantitative estimate of drug-likeness (QED) is 0.664. The monoisotopic (exact) mass is 472 g/mol. The predicted octanol–water partition coefficient (Wildman–Crippen LogP) is 4.61. The Labute approximate surface area is 200 Å². The van der Waals surface area contributed by atoms with Crippen LogP contribution in [0.5, 0.6) is 0 Å². The number of amides is 2. The molecule has 1 aliphatic rings. The first-order chi connectivity index (χ1) is 15.4. The molecule has 0 radical (unpaired) electrons. The number of carbonyl (C=O) groups excluding carboxylic acids is 2. The van der Waals surface area contributed by atoms with Crippen LogP contribution in [0.1, 0.15) is 59.0 Å². The summed E-state index contributed by atoms with van der Waals surface area (Å²) in [5.41, 5.74) is 0.835. The third-order valence-electron chi connectivity index (χ3n) is 5.64. The van der Waals surface area contributed by atoms with Crippen molar-refractivity contribution in [2.75, 3.05) is 13.6 Å². The Morgan fingerprint density at radius 3 is 2.39 bits per heavy atom. The van der Waals surface area contributed by atoms with Gasteiger partial charge in [-0.2, -0.15) is 0 Å². The van der Waals surface area contributed by atoms with Gasteiger partial charge in [0.15, 0.2) is 0 Å². The molecule has 3 atom stereocenters. The third kappa shape index (κ3) is 6.32. The number of carbonyl (C=O) groups is 2. The summed E-state index contributed by atoms with van der Waals surface area (Å²) >= 11 is 1.57. The Balaban J connectivity index is 1.86. The van der Waals surface area contributed by atoms with Crippen molar-refractivity contribution in [3.8, 4) is 11.3 Å². The molecule has 1 saturated heterocycles. The van der Waals surface area contributed by atoms with Gasteiger partial charge in [0.25, 0.3) is 0 Å². The molecule has 0 bridgehead atoms. The first-order valence-corrected chi connectivity index (χ1v) is 12.2. The van der Waals surface area contributed by atoms with Crippen molar-refractivity contribution in [2.24, 2.45) is 5.41 Å². The predicted molar refractivity (Wildman–Crippen MR) is 132 cm³/mol. The molecule has 0 spiro atoms. The van der Waals surface area contributed by atoms with E-state index in [4.69, 9.17) is 9.72 Å². The van der Waals surface area contributed by atoms with Gasteiger partial charge in [-0.1, -0.05) is 51.1 Å². The van der Waals surface area contributed by atoms with E-state index in [1.807, 2.05) is 68.4 Å². The minimum Gasteiger partial charge on any atom is -0.444 e. The fraction of sp³-hybridized carbons (Fsp3) is 0.560. The maximum absolute atomic E-state index is 13.8. The Hall–Kier alpha value is -2.45. The lowest BCUT2D eigenvalue weighted by atomic mass is 9.85. The molecule has 0 saturated carbocycles. The van der Waals surface area contributed by atoms with Crippen LogP contribution in [-0.4, -0.2) is 53.2 Å². The van der Waals surface area contributed by atoms with Crippen LogP contribution in [0.15, 0.2) is 35.7 Å². The smallest absolute Gasteiger partial charge is 0.408 e. The van der Waals surface area contributed by atoms with Crippen LogP contribution in [0.2, 0.25) is 0 Å². The van der Waals surface area contributed by atoms with E-state index in [1.165, 1.54) is 0 Å². The van der Waals surface area contributed by atoms with Gasteiger partial charge >= 0.3 is 6.09 Å². The second-order valence-electron chi connectivity index (χ2n) is 10.6. The van der Waals surface area contributed by atoms with Gasteiger partial charge in [-0.25, -0.2) is 9.78 Å². The zero-order chi connectivity index (χ0) is 24.4. The van der Waals surface area contributed by atoms with Crippen LogP contribution in [-0.2, 0) is 9.53 Å². The number of hydrogen-bond acceptors (Lipinski definition) is 6. The third-order valence-corrected chi connectivity index (χ3v) is 6.59. The van der Waals surface area contributed by atoms with Crippen molar-refractivity contribution in [2.45, 2.75) is 71.7 Å². The minimum absolute atomic E-state index is 0.118. The van der Waals surface area contributed by atoms with Crippen molar-refractivity contribution < 1.29 is 14.3 Å². The molecule has 1 aliphatic heterocycles. The lowest BCUT2D eigenvalue weighted by Gasteiger charge is -2.35. The zero-order valence-corrected chi connectivity index (χ0v) is 21.5. The number of nitrogens with one attached hydrogen (secondary N) is 2. The highest BCUT2D eigenvalue weighted by molar-refractivity contribution is 7.10. The van der Waals surface area contributed by atoms with Crippen LogP contribution < -0.4 is 10.6 Å². The summed E-state index contributed by atoms with van der Waals surface area (Å²) < 4.78 is 5.44. The van der Waals surface area contributed by atoms with E-state index in [0.29, 0.717) is 6.54 Å². The normalized spacial score (nSPS) is 19.9. The average molecular weight is 473 g/mol. The standard InChI is InChI=1S/C25H36N4O3S/c1-24(2,3)20(28-23(31)32-25(4,5)6)22(30)29-14-17(26-7)13-19(29)21-27-18(15-33-21)16-11-9-8-10-12-16/h8-12,15,17,19-20,26H,13-14H2,1-7H3,(H,28,31). The summed E-state index contributed by atoms with van der Waals surface area (Å²) in [6.07, 6.45) is 0.185. The van der Waals surface area contributed by atoms with Crippen molar-refractivity contribution in [3.05, 3.63) is 40.7 Å². The number of nitrogens with zero attached hydrogens (tertiary/aromatic N) is 2. The molecule has 3 rings (SSSR count). The van der Waals surface area contributed by atoms with Gasteiger partial charge < -0.3 is 20.3 Å². The van der Waals surface area contributed by atoms with Crippen LogP contribution in [0.25, 0.3) is 11.3 Å². The molecular weight excluding hydrogens is 436 g/mol. The van der Waals surface area contributed by atoms with Crippen molar-refractivity contribution in [3.63, 3.8) is 0 Å². The average Bonchev–Trinajstić information content (AvgIpc) is 3.37. The number of alkyl carbamates (subject to hydrolysis) is 1. The molecular formula is C25H36N4O3S. The molecule has 2 aromatic rings. The van der Waals surface area contributed by atoms with Crippen LogP contribution >= 0.6 is 11.3 Å². The second kappa shape index (κ2) is 9.81. The summed E-state index contributed by atoms with van der Waals surface area (Å²) in [7, 11) is 1.91. The maximum atomic E-state index is 13.8. The van der Waals surface area contributed by atoms with Gasteiger partial charge in [-0.05, 0) is 39.7 Å². The number of likely N-dealkylation sites (N-methyl/N-ethyl adjacent to an activating group) is 1. The minimum atomic E-state index is -0.723. The fourth-order valence-corrected chi connectivity index (χ4v) is 4.90. The first kappa shape index (κ1) is 25.2. The molecule has 0 aliphatic carbocycles. The molecule has 2 amide bonds. The lowest BCUT2D eigenvalue weighted by Crippen LogP contribution is -2.55. The van der Waals surface area contributed by atoms with Crippen LogP contribution in [0.4, 0.5) is 4.79 Å². The Morgan fingerprint density at radius 1 is 1.15 bits per heavy atom. The molecule has 180 valence electrons. The molecule has 33 heavy (non-hydrogen) atoms. The second-order valence-corrected chi connectivity index (χ2v) is 11.5. The van der Waals surface area contributed by atoms with Gasteiger partial charge in [0.05, 0.1) is 11.7 Å². The summed E-state index contributed by atoms with van der Waals surface area (Å²) in [5, 5.41) is 9.09. The van der Waals surface area contributed by atoms with Crippen LogP contribution in [0.3, 0.4) is 0 Å². The molecule has 1 fully saturated rings. The summed E-state index contributed by atoms with van der Waals surface area (Å²) in [5.74, 6) is -0.118. The van der Waals surface area contributed by atoms with E-state index in [1.54, 1.807) is 32.1 Å². The highest BCUT2D eigenvalue weighted by Crippen LogP contribution is 2.37. The van der Waals surface area contributed by atoms with E-state index in [2.05, 4.69) is 10.6 Å². The van der Waals surface area contributed by atoms with E-state index < -0.39 is 23.2 Å². The highest BCUT2D eigenvalue weighted by atomic mass is 32.1. The number of benzene rings is 1. The number of hydrogen-bond donors (Lipinski definition) is 2. The SMILES string of the molecule is CNC1CC(c2nc(-c3ccccc3)cs2)N(C(=O)C(NC(=O)OC(C)(C)C)C(C)(C)C)C1.